The van der Waals surface area contributed by atoms with Crippen molar-refractivity contribution in [3.63, 3.8) is 0 Å². The van der Waals surface area contributed by atoms with E-state index >= 15 is 0 Å². The number of hydrogen-bond donors (Lipinski definition) is 1. The number of nitrogens with one attached hydrogen (secondary N) is 1. The second-order valence-corrected chi connectivity index (χ2v) is 6.56. The van der Waals surface area contributed by atoms with Gasteiger partial charge in [-0.2, -0.15) is 0 Å². The highest BCUT2D eigenvalue weighted by Crippen LogP contribution is 2.52. The highest BCUT2D eigenvalue weighted by molar-refractivity contribution is 6.31. The van der Waals surface area contributed by atoms with Crippen LogP contribution >= 0.6 is 11.6 Å². The van der Waals surface area contributed by atoms with E-state index in [4.69, 9.17) is 16.3 Å². The van der Waals surface area contributed by atoms with Crippen molar-refractivity contribution in [3.8, 4) is 5.75 Å². The van der Waals surface area contributed by atoms with Crippen LogP contribution in [0, 0.1) is 5.92 Å². The van der Waals surface area contributed by atoms with E-state index in [-0.39, 0.29) is 6.04 Å². The smallest absolute Gasteiger partial charge is 0.142 e. The Balaban J connectivity index is 1.82. The number of allylic oxidation sites excluding steroid dienone is 2. The third kappa shape index (κ3) is 2.42. The minimum Gasteiger partial charge on any atom is -0.492 e. The number of fused-ring (bicyclic) bond motifs is 3. The molecule has 2 nitrogen and oxygen atoms in total. The van der Waals surface area contributed by atoms with Crippen molar-refractivity contribution in [1.82, 2.24) is 0 Å². The van der Waals surface area contributed by atoms with Crippen molar-refractivity contribution in [1.29, 1.82) is 0 Å². The van der Waals surface area contributed by atoms with Gasteiger partial charge in [0.05, 0.1) is 18.3 Å². The molecular formula is C20H20ClNO. The fourth-order valence-electron chi connectivity index (χ4n) is 3.90. The number of benzene rings is 2. The number of halogens is 1. The van der Waals surface area contributed by atoms with Gasteiger partial charge >= 0.3 is 0 Å². The van der Waals surface area contributed by atoms with Gasteiger partial charge in [-0.1, -0.05) is 54.1 Å². The van der Waals surface area contributed by atoms with Crippen molar-refractivity contribution in [2.45, 2.75) is 25.3 Å². The maximum absolute atomic E-state index is 6.48. The fourth-order valence-corrected chi connectivity index (χ4v) is 4.16. The largest absolute Gasteiger partial charge is 0.492 e. The fraction of sp³-hybridized carbons (Fsp3) is 0.300. The molecule has 118 valence electrons. The molecule has 2 aliphatic rings. The molecule has 1 aliphatic heterocycles. The lowest BCUT2D eigenvalue weighted by Crippen LogP contribution is -2.29. The Bertz CT molecular complexity index is 755. The molecule has 2 aromatic rings. The van der Waals surface area contributed by atoms with E-state index in [0.29, 0.717) is 18.4 Å². The van der Waals surface area contributed by atoms with Crippen LogP contribution in [0.1, 0.15) is 36.4 Å². The van der Waals surface area contributed by atoms with Crippen LogP contribution in [0.2, 0.25) is 5.02 Å². The summed E-state index contributed by atoms with van der Waals surface area (Å²) >= 11 is 6.48. The SMILES string of the molecule is CCOc1cccc2c1N[C@H](c1ccccc1Cl)[C@@H]1CC=C[C@@H]21. The van der Waals surface area contributed by atoms with E-state index in [9.17, 15) is 0 Å². The van der Waals surface area contributed by atoms with Crippen LogP contribution in [-0.4, -0.2) is 6.61 Å². The topological polar surface area (TPSA) is 21.3 Å². The average molecular weight is 326 g/mol. The summed E-state index contributed by atoms with van der Waals surface area (Å²) in [6.45, 7) is 2.69. The maximum atomic E-state index is 6.48. The molecular weight excluding hydrogens is 306 g/mol. The zero-order valence-electron chi connectivity index (χ0n) is 13.1. The number of para-hydroxylation sites is 1. The third-order valence-corrected chi connectivity index (χ3v) is 5.24. The molecule has 4 rings (SSSR count). The van der Waals surface area contributed by atoms with Crippen molar-refractivity contribution in [3.05, 3.63) is 70.8 Å². The lowest BCUT2D eigenvalue weighted by atomic mass is 9.77. The molecule has 0 saturated carbocycles. The number of anilines is 1. The van der Waals surface area contributed by atoms with Crippen molar-refractivity contribution in [2.24, 2.45) is 5.92 Å². The summed E-state index contributed by atoms with van der Waals surface area (Å²) in [4.78, 5) is 0. The molecule has 23 heavy (non-hydrogen) atoms. The zero-order chi connectivity index (χ0) is 15.8. The molecule has 3 heteroatoms. The highest BCUT2D eigenvalue weighted by atomic mass is 35.5. The van der Waals surface area contributed by atoms with E-state index < -0.39 is 0 Å². The van der Waals surface area contributed by atoms with Crippen LogP contribution in [0.15, 0.2) is 54.6 Å². The Morgan fingerprint density at radius 1 is 1.13 bits per heavy atom. The highest BCUT2D eigenvalue weighted by Gasteiger charge is 2.39. The van der Waals surface area contributed by atoms with Crippen molar-refractivity contribution >= 4 is 17.3 Å². The van der Waals surface area contributed by atoms with Crippen molar-refractivity contribution in [2.75, 3.05) is 11.9 Å². The van der Waals surface area contributed by atoms with E-state index in [1.165, 1.54) is 11.1 Å². The number of hydrogen-bond acceptors (Lipinski definition) is 2. The first-order valence-electron chi connectivity index (χ1n) is 8.23. The first-order chi connectivity index (χ1) is 11.3. The van der Waals surface area contributed by atoms with E-state index in [0.717, 1.165) is 22.9 Å². The summed E-state index contributed by atoms with van der Waals surface area (Å²) in [6, 6.07) is 14.7. The van der Waals surface area contributed by atoms with Crippen LogP contribution in [0.3, 0.4) is 0 Å². The van der Waals surface area contributed by atoms with Crippen LogP contribution < -0.4 is 10.1 Å². The van der Waals surface area contributed by atoms with E-state index in [2.05, 4.69) is 41.7 Å². The minimum absolute atomic E-state index is 0.206. The van der Waals surface area contributed by atoms with E-state index in [1.807, 2.05) is 25.1 Å². The van der Waals surface area contributed by atoms with Gasteiger partial charge < -0.3 is 10.1 Å². The van der Waals surface area contributed by atoms with Crippen LogP contribution in [0.25, 0.3) is 0 Å². The van der Waals surface area contributed by atoms with Gasteiger partial charge in [0.25, 0.3) is 0 Å². The van der Waals surface area contributed by atoms with Crippen LogP contribution in [-0.2, 0) is 0 Å². The molecule has 0 amide bonds. The Hall–Kier alpha value is -1.93. The molecule has 1 heterocycles. The second kappa shape index (κ2) is 5.93. The molecule has 3 atom stereocenters. The summed E-state index contributed by atoms with van der Waals surface area (Å²) in [6.07, 6.45) is 5.71. The number of ether oxygens (including phenoxy) is 1. The zero-order valence-corrected chi connectivity index (χ0v) is 13.9. The van der Waals surface area contributed by atoms with Crippen LogP contribution in [0.5, 0.6) is 5.75 Å². The Labute approximate surface area is 142 Å². The summed E-state index contributed by atoms with van der Waals surface area (Å²) in [5, 5.41) is 4.56. The summed E-state index contributed by atoms with van der Waals surface area (Å²) in [5.74, 6) is 1.85. The molecule has 0 saturated heterocycles. The summed E-state index contributed by atoms with van der Waals surface area (Å²) in [7, 11) is 0. The van der Waals surface area contributed by atoms with Gasteiger partial charge in [0.1, 0.15) is 5.75 Å². The summed E-state index contributed by atoms with van der Waals surface area (Å²) in [5.41, 5.74) is 3.62. The minimum atomic E-state index is 0.206. The Morgan fingerprint density at radius 3 is 2.78 bits per heavy atom. The van der Waals surface area contributed by atoms with Crippen LogP contribution in [0.4, 0.5) is 5.69 Å². The Kier molecular flexibility index (Phi) is 3.78. The molecule has 0 spiro atoms. The van der Waals surface area contributed by atoms with Gasteiger partial charge in [-0.05, 0) is 42.5 Å². The van der Waals surface area contributed by atoms with Gasteiger partial charge in [-0.25, -0.2) is 0 Å². The molecule has 1 aliphatic carbocycles. The van der Waals surface area contributed by atoms with Gasteiger partial charge in [-0.15, -0.1) is 0 Å². The molecule has 0 fully saturated rings. The van der Waals surface area contributed by atoms with Gasteiger partial charge in [0.15, 0.2) is 0 Å². The monoisotopic (exact) mass is 325 g/mol. The third-order valence-electron chi connectivity index (χ3n) is 4.90. The Morgan fingerprint density at radius 2 is 1.96 bits per heavy atom. The quantitative estimate of drug-likeness (QED) is 0.745. The molecule has 1 N–H and O–H groups in total. The average Bonchev–Trinajstić information content (AvgIpc) is 3.05. The molecule has 0 unspecified atom stereocenters. The second-order valence-electron chi connectivity index (χ2n) is 6.15. The number of rotatable bonds is 3. The molecule has 0 bridgehead atoms. The first kappa shape index (κ1) is 14.6. The standard InChI is InChI=1S/C20H20ClNO/c1-2-23-18-12-6-10-15-13-8-5-9-14(13)19(22-20(15)18)16-7-3-4-11-17(16)21/h3-8,10-14,19,22H,2,9H2,1H3/t13-,14-,19+/m1/s1. The maximum Gasteiger partial charge on any atom is 0.142 e. The molecule has 0 radical (unpaired) electrons. The predicted octanol–water partition coefficient (Wildman–Crippen LogP) is 5.57. The predicted molar refractivity (Wildman–Crippen MR) is 95.4 cm³/mol. The lowest BCUT2D eigenvalue weighted by molar-refractivity contribution is 0.337. The lowest BCUT2D eigenvalue weighted by Gasteiger charge is -2.38. The normalized spacial score (nSPS) is 24.7. The first-order valence-corrected chi connectivity index (χ1v) is 8.60. The summed E-state index contributed by atoms with van der Waals surface area (Å²) < 4.78 is 5.85. The van der Waals surface area contributed by atoms with Gasteiger partial charge in [-0.3, -0.25) is 0 Å². The molecule has 0 aromatic heterocycles. The van der Waals surface area contributed by atoms with Gasteiger partial charge in [0, 0.05) is 10.9 Å². The van der Waals surface area contributed by atoms with E-state index in [1.54, 1.807) is 0 Å². The van der Waals surface area contributed by atoms with Crippen molar-refractivity contribution < 1.29 is 4.74 Å². The van der Waals surface area contributed by atoms with Gasteiger partial charge in [0.2, 0.25) is 0 Å². The molecule has 2 aromatic carbocycles.